The lowest BCUT2D eigenvalue weighted by molar-refractivity contribution is -0.238. The third-order valence-electron chi connectivity index (χ3n) is 5.06. The lowest BCUT2D eigenvalue weighted by Gasteiger charge is -2.32. The van der Waals surface area contributed by atoms with E-state index in [1.54, 1.807) is 6.92 Å². The number of cyclic esters (lactones) is 2. The van der Waals surface area contributed by atoms with Crippen LogP contribution in [0.15, 0.2) is 24.3 Å². The fraction of sp³-hybridized carbons (Fsp3) is 0.346. The van der Waals surface area contributed by atoms with Crippen molar-refractivity contribution in [1.82, 2.24) is 0 Å². The number of carbonyl (C=O) groups excluding carboxylic acids is 5. The van der Waals surface area contributed by atoms with Crippen LogP contribution in [0.1, 0.15) is 38.3 Å². The summed E-state index contributed by atoms with van der Waals surface area (Å²) in [5, 5.41) is 0. The molecule has 1 heterocycles. The lowest BCUT2D eigenvalue weighted by Crippen LogP contribution is -2.49. The molecule has 0 aliphatic carbocycles. The number of hydrogen-bond donors (Lipinski definition) is 0. The predicted octanol–water partition coefficient (Wildman–Crippen LogP) is 3.84. The first kappa shape index (κ1) is 32.0. The lowest BCUT2D eigenvalue weighted by atomic mass is 9.96. The summed E-state index contributed by atoms with van der Waals surface area (Å²) in [5.41, 5.74) is -0.766. The van der Waals surface area contributed by atoms with Crippen LogP contribution in [-0.4, -0.2) is 41.9 Å². The van der Waals surface area contributed by atoms with Gasteiger partial charge < -0.3 is 14.2 Å². The summed E-state index contributed by atoms with van der Waals surface area (Å²) in [4.78, 5) is 57.7. The predicted molar refractivity (Wildman–Crippen MR) is 121 cm³/mol. The third-order valence-corrected chi connectivity index (χ3v) is 5.06. The molecule has 0 unspecified atom stereocenters. The van der Waals surface area contributed by atoms with Crippen LogP contribution in [-0.2, 0) is 51.0 Å². The molecule has 0 amide bonds. The Morgan fingerprint density at radius 2 is 1.18 bits per heavy atom. The van der Waals surface area contributed by atoms with Crippen molar-refractivity contribution in [3.05, 3.63) is 70.3 Å². The molecule has 0 radical (unpaired) electrons. The number of carbonyl (C=O) groups is 5. The molecular weight excluding hydrogens is 554 g/mol. The summed E-state index contributed by atoms with van der Waals surface area (Å²) in [6.45, 7) is 4.32. The van der Waals surface area contributed by atoms with Crippen molar-refractivity contribution < 1.29 is 64.5 Å². The van der Waals surface area contributed by atoms with Crippen molar-refractivity contribution in [1.29, 1.82) is 0 Å². The molecule has 0 atom stereocenters. The van der Waals surface area contributed by atoms with Crippen LogP contribution in [0.2, 0.25) is 0 Å². The van der Waals surface area contributed by atoms with E-state index in [1.807, 2.05) is 0 Å². The van der Waals surface area contributed by atoms with Gasteiger partial charge >= 0.3 is 17.9 Å². The Bertz CT molecular complexity index is 1320. The molecule has 0 saturated carbocycles. The maximum absolute atomic E-state index is 13.5. The minimum atomic E-state index is -1.87. The van der Waals surface area contributed by atoms with Crippen LogP contribution in [0.4, 0.5) is 26.3 Å². The molecule has 0 bridgehead atoms. The zero-order valence-electron chi connectivity index (χ0n) is 21.2. The Kier molecular flexibility index (Phi) is 10.6. The topological polar surface area (TPSA) is 113 Å². The molecule has 1 aliphatic heterocycles. The number of esters is 3. The second-order valence-corrected chi connectivity index (χ2v) is 8.73. The first-order valence-corrected chi connectivity index (χ1v) is 11.5. The highest BCUT2D eigenvalue weighted by molar-refractivity contribution is 6.16. The summed E-state index contributed by atoms with van der Waals surface area (Å²) in [7, 11) is 0. The highest BCUT2D eigenvalue weighted by Crippen LogP contribution is 2.25. The molecule has 216 valence electrons. The van der Waals surface area contributed by atoms with Gasteiger partial charge in [-0.3, -0.25) is 24.0 Å². The molecule has 0 spiro atoms. The van der Waals surface area contributed by atoms with E-state index in [2.05, 4.69) is 4.74 Å². The second-order valence-electron chi connectivity index (χ2n) is 8.73. The van der Waals surface area contributed by atoms with E-state index in [0.717, 1.165) is 0 Å². The minimum Gasteiger partial charge on any atom is -0.466 e. The van der Waals surface area contributed by atoms with Crippen molar-refractivity contribution in [3.8, 4) is 0 Å². The molecule has 8 nitrogen and oxygen atoms in total. The number of Topliss-reactive ketones (excluding diaryl/α,β-unsaturated/α-hetero) is 2. The molecule has 1 fully saturated rings. The molecular formula is C26H22F6O8. The van der Waals surface area contributed by atoms with E-state index in [4.69, 9.17) is 9.47 Å². The smallest absolute Gasteiger partial charge is 0.331 e. The summed E-state index contributed by atoms with van der Waals surface area (Å²) >= 11 is 0. The van der Waals surface area contributed by atoms with Crippen LogP contribution in [0.5, 0.6) is 0 Å². The Hall–Kier alpha value is -4.23. The van der Waals surface area contributed by atoms with Gasteiger partial charge in [-0.05, 0) is 30.2 Å². The highest BCUT2D eigenvalue weighted by atomic mass is 19.2. The van der Waals surface area contributed by atoms with E-state index in [1.165, 1.54) is 13.8 Å². The van der Waals surface area contributed by atoms with Crippen LogP contribution >= 0.6 is 0 Å². The summed E-state index contributed by atoms with van der Waals surface area (Å²) in [6, 6.07) is 1.74. The number of rotatable bonds is 8. The fourth-order valence-electron chi connectivity index (χ4n) is 3.32. The van der Waals surface area contributed by atoms with E-state index in [9.17, 15) is 50.3 Å². The van der Waals surface area contributed by atoms with E-state index < -0.39 is 101 Å². The van der Waals surface area contributed by atoms with Crippen LogP contribution in [0.25, 0.3) is 0 Å². The van der Waals surface area contributed by atoms with Gasteiger partial charge in [-0.25, -0.2) is 26.3 Å². The van der Waals surface area contributed by atoms with Gasteiger partial charge in [0.15, 0.2) is 29.1 Å². The molecule has 2 aromatic carbocycles. The first-order chi connectivity index (χ1) is 18.5. The Morgan fingerprint density at radius 3 is 1.62 bits per heavy atom. The Labute approximate surface area is 223 Å². The van der Waals surface area contributed by atoms with Crippen molar-refractivity contribution >= 4 is 29.5 Å². The van der Waals surface area contributed by atoms with E-state index in [-0.39, 0.29) is 18.2 Å². The molecule has 14 heteroatoms. The van der Waals surface area contributed by atoms with Crippen molar-refractivity contribution in [2.24, 2.45) is 5.92 Å². The number of benzene rings is 2. The molecule has 1 aliphatic rings. The minimum absolute atomic E-state index is 0.131. The molecule has 1 saturated heterocycles. The van der Waals surface area contributed by atoms with Crippen molar-refractivity contribution in [3.63, 3.8) is 0 Å². The van der Waals surface area contributed by atoms with Crippen LogP contribution < -0.4 is 0 Å². The van der Waals surface area contributed by atoms with Gasteiger partial charge in [0.25, 0.3) is 5.79 Å². The highest BCUT2D eigenvalue weighted by Gasteiger charge is 2.47. The van der Waals surface area contributed by atoms with Gasteiger partial charge in [0.05, 0.1) is 6.61 Å². The Balaban J connectivity index is 0.000000286. The molecule has 0 aromatic heterocycles. The molecule has 40 heavy (non-hydrogen) atoms. The van der Waals surface area contributed by atoms with Crippen molar-refractivity contribution in [2.75, 3.05) is 6.61 Å². The van der Waals surface area contributed by atoms with Crippen LogP contribution in [0.3, 0.4) is 0 Å². The van der Waals surface area contributed by atoms with Gasteiger partial charge in [-0.2, -0.15) is 0 Å². The normalized spacial score (nSPS) is 14.4. The zero-order valence-corrected chi connectivity index (χ0v) is 21.2. The van der Waals surface area contributed by atoms with Crippen LogP contribution in [0, 0.1) is 40.8 Å². The molecule has 2 aromatic rings. The average molecular weight is 576 g/mol. The summed E-state index contributed by atoms with van der Waals surface area (Å²) in [6.07, 6.45) is -1.79. The number of ketones is 2. The fourth-order valence-corrected chi connectivity index (χ4v) is 3.32. The van der Waals surface area contributed by atoms with Gasteiger partial charge in [-0.15, -0.1) is 0 Å². The van der Waals surface area contributed by atoms with Gasteiger partial charge in [0.1, 0.15) is 23.8 Å². The SMILES string of the molecule is CC1(C)OC(=O)C(C(=O)Cc2cc(F)c(F)cc2F)C(=O)O1.CCOC(=O)CC(=O)Cc1cc(F)c(F)cc1F. The summed E-state index contributed by atoms with van der Waals surface area (Å²) < 4.78 is 92.1. The quantitative estimate of drug-likeness (QED) is 0.202. The standard InChI is InChI=1S/C14H11F3O5.C12H11F3O3/c1-14(2)21-12(19)11(13(20)22-14)10(18)4-6-3-8(16)9(17)5-7(6)15;1-2-18-12(17)5-8(16)3-7-4-10(14)11(15)6-9(7)13/h3,5,11H,4H2,1-2H3;4,6H,2-3,5H2,1H3. The molecule has 0 N–H and O–H groups in total. The third kappa shape index (κ3) is 8.64. The largest absolute Gasteiger partial charge is 0.466 e. The van der Waals surface area contributed by atoms with E-state index >= 15 is 0 Å². The van der Waals surface area contributed by atoms with Gasteiger partial charge in [0.2, 0.25) is 5.92 Å². The monoisotopic (exact) mass is 576 g/mol. The van der Waals surface area contributed by atoms with Crippen molar-refractivity contribution in [2.45, 2.75) is 45.8 Å². The molecule has 3 rings (SSSR count). The number of hydrogen-bond acceptors (Lipinski definition) is 8. The summed E-state index contributed by atoms with van der Waals surface area (Å²) in [5.74, 6) is -15.5. The maximum atomic E-state index is 13.5. The maximum Gasteiger partial charge on any atom is 0.331 e. The van der Waals surface area contributed by atoms with Gasteiger partial charge in [-0.1, -0.05) is 0 Å². The zero-order chi connectivity index (χ0) is 30.4. The number of halogens is 6. The Morgan fingerprint density at radius 1 is 0.750 bits per heavy atom. The van der Waals surface area contributed by atoms with E-state index in [0.29, 0.717) is 18.2 Å². The average Bonchev–Trinajstić information content (AvgIpc) is 2.80. The number of ether oxygens (including phenoxy) is 3. The second kappa shape index (κ2) is 13.2. The van der Waals surface area contributed by atoms with Gasteiger partial charge in [0, 0.05) is 38.8 Å². The first-order valence-electron chi connectivity index (χ1n) is 11.5.